The molecule has 0 unspecified atom stereocenters. The highest BCUT2D eigenvalue weighted by Crippen LogP contribution is 2.35. The van der Waals surface area contributed by atoms with Gasteiger partial charge in [-0.2, -0.15) is 5.10 Å². The van der Waals surface area contributed by atoms with Crippen molar-refractivity contribution in [2.75, 3.05) is 19.7 Å². The molecule has 0 bridgehead atoms. The van der Waals surface area contributed by atoms with Crippen molar-refractivity contribution in [1.29, 1.82) is 0 Å². The van der Waals surface area contributed by atoms with Gasteiger partial charge in [-0.1, -0.05) is 0 Å². The highest BCUT2D eigenvalue weighted by molar-refractivity contribution is 5.29. The molecule has 1 aliphatic heterocycles. The summed E-state index contributed by atoms with van der Waals surface area (Å²) in [4.78, 5) is 2.36. The van der Waals surface area contributed by atoms with Gasteiger partial charge < -0.3 is 14.3 Å². The van der Waals surface area contributed by atoms with Crippen LogP contribution in [0.25, 0.3) is 0 Å². The second-order valence-electron chi connectivity index (χ2n) is 6.61. The van der Waals surface area contributed by atoms with Crippen LogP contribution in [0.3, 0.4) is 0 Å². The molecular weight excluding hydrogens is 306 g/mol. The molecule has 2 aromatic rings. The zero-order valence-electron chi connectivity index (χ0n) is 14.7. The molecule has 2 atom stereocenters. The van der Waals surface area contributed by atoms with Crippen molar-refractivity contribution in [2.24, 2.45) is 7.05 Å². The number of rotatable bonds is 7. The van der Waals surface area contributed by atoms with E-state index < -0.39 is 6.10 Å². The highest BCUT2D eigenvalue weighted by Gasteiger charge is 2.31. The minimum atomic E-state index is -0.502. The summed E-state index contributed by atoms with van der Waals surface area (Å²) in [5.74, 6) is 0.780. The van der Waals surface area contributed by atoms with Crippen molar-refractivity contribution in [2.45, 2.75) is 45.4 Å². The second-order valence-corrected chi connectivity index (χ2v) is 6.61. The summed E-state index contributed by atoms with van der Waals surface area (Å²) in [5.41, 5.74) is 3.63. The van der Waals surface area contributed by atoms with Crippen LogP contribution < -0.4 is 0 Å². The number of aliphatic hydroxyl groups excluding tert-OH is 1. The van der Waals surface area contributed by atoms with Gasteiger partial charge in [0.05, 0.1) is 24.7 Å². The molecule has 0 aliphatic carbocycles. The molecule has 6 nitrogen and oxygen atoms in total. The molecule has 3 rings (SSSR count). The van der Waals surface area contributed by atoms with Crippen LogP contribution in [0.5, 0.6) is 0 Å². The van der Waals surface area contributed by atoms with Crippen LogP contribution in [-0.4, -0.2) is 45.6 Å². The molecule has 0 amide bonds. The van der Waals surface area contributed by atoms with E-state index in [-0.39, 0.29) is 0 Å². The summed E-state index contributed by atoms with van der Waals surface area (Å²) in [6.45, 7) is 6.53. The van der Waals surface area contributed by atoms with Gasteiger partial charge in [0.1, 0.15) is 12.4 Å². The SMILES string of the molecule is Cc1nn(C)c(C)c1[C@H]1CCCN1C[C@@H](O)COCc1ccco1. The number of furan rings is 1. The minimum Gasteiger partial charge on any atom is -0.467 e. The van der Waals surface area contributed by atoms with Gasteiger partial charge in [0, 0.05) is 30.9 Å². The number of hydrogen-bond acceptors (Lipinski definition) is 5. The first-order chi connectivity index (χ1) is 11.6. The molecule has 1 saturated heterocycles. The number of aliphatic hydroxyl groups is 1. The maximum Gasteiger partial charge on any atom is 0.129 e. The molecular formula is C18H27N3O3. The van der Waals surface area contributed by atoms with Crippen molar-refractivity contribution in [3.05, 3.63) is 41.1 Å². The van der Waals surface area contributed by atoms with Crippen molar-refractivity contribution >= 4 is 0 Å². The van der Waals surface area contributed by atoms with E-state index in [9.17, 15) is 5.11 Å². The van der Waals surface area contributed by atoms with Crippen LogP contribution in [-0.2, 0) is 18.4 Å². The Morgan fingerprint density at radius 1 is 1.46 bits per heavy atom. The Bertz CT molecular complexity index is 651. The normalized spacial score (nSPS) is 19.9. The molecule has 0 aromatic carbocycles. The fourth-order valence-corrected chi connectivity index (χ4v) is 3.66. The van der Waals surface area contributed by atoms with Gasteiger partial charge in [0.25, 0.3) is 0 Å². The summed E-state index contributed by atoms with van der Waals surface area (Å²) < 4.78 is 12.7. The third-order valence-corrected chi connectivity index (χ3v) is 4.84. The van der Waals surface area contributed by atoms with Gasteiger partial charge in [-0.05, 0) is 45.4 Å². The standard InChI is InChI=1S/C18H27N3O3/c1-13-18(14(2)20(3)19-13)17-7-4-8-21(17)10-15(22)11-23-12-16-6-5-9-24-16/h5-6,9,15,17,22H,4,7-8,10-12H2,1-3H3/t15-,17-/m1/s1. The summed E-state index contributed by atoms with van der Waals surface area (Å²) in [6, 6.07) is 4.05. The first kappa shape index (κ1) is 17.2. The van der Waals surface area contributed by atoms with E-state index in [1.807, 2.05) is 23.9 Å². The fraction of sp³-hybridized carbons (Fsp3) is 0.611. The molecule has 1 fully saturated rings. The third kappa shape index (κ3) is 3.71. The predicted octanol–water partition coefficient (Wildman–Crippen LogP) is 2.34. The average molecular weight is 333 g/mol. The van der Waals surface area contributed by atoms with Gasteiger partial charge in [-0.3, -0.25) is 9.58 Å². The topological polar surface area (TPSA) is 63.7 Å². The number of aromatic nitrogens is 2. The number of hydrogen-bond donors (Lipinski definition) is 1. The first-order valence-corrected chi connectivity index (χ1v) is 8.58. The zero-order chi connectivity index (χ0) is 17.1. The Labute approximate surface area is 143 Å². The molecule has 1 N–H and O–H groups in total. The van der Waals surface area contributed by atoms with E-state index in [0.29, 0.717) is 25.8 Å². The third-order valence-electron chi connectivity index (χ3n) is 4.84. The van der Waals surface area contributed by atoms with Crippen LogP contribution in [0.4, 0.5) is 0 Å². The molecule has 132 valence electrons. The van der Waals surface area contributed by atoms with E-state index in [4.69, 9.17) is 9.15 Å². The van der Waals surface area contributed by atoms with E-state index in [1.165, 1.54) is 11.3 Å². The Morgan fingerprint density at radius 2 is 2.29 bits per heavy atom. The smallest absolute Gasteiger partial charge is 0.129 e. The van der Waals surface area contributed by atoms with Crippen LogP contribution in [0.2, 0.25) is 0 Å². The van der Waals surface area contributed by atoms with E-state index in [2.05, 4.69) is 23.8 Å². The Balaban J connectivity index is 1.55. The summed E-state index contributed by atoms with van der Waals surface area (Å²) in [6.07, 6.45) is 3.40. The monoisotopic (exact) mass is 333 g/mol. The molecule has 0 saturated carbocycles. The van der Waals surface area contributed by atoms with Gasteiger partial charge in [0.15, 0.2) is 0 Å². The van der Waals surface area contributed by atoms with Crippen LogP contribution in [0.1, 0.15) is 41.6 Å². The Morgan fingerprint density at radius 3 is 2.96 bits per heavy atom. The molecule has 3 heterocycles. The lowest BCUT2D eigenvalue weighted by atomic mass is 10.0. The maximum absolute atomic E-state index is 10.3. The van der Waals surface area contributed by atoms with E-state index in [1.54, 1.807) is 6.26 Å². The summed E-state index contributed by atoms with van der Waals surface area (Å²) >= 11 is 0. The molecule has 2 aromatic heterocycles. The lowest BCUT2D eigenvalue weighted by Crippen LogP contribution is -2.35. The van der Waals surface area contributed by atoms with Crippen molar-refractivity contribution < 1.29 is 14.3 Å². The van der Waals surface area contributed by atoms with Gasteiger partial charge in [-0.25, -0.2) is 0 Å². The predicted molar refractivity (Wildman–Crippen MR) is 90.6 cm³/mol. The molecule has 6 heteroatoms. The number of aryl methyl sites for hydroxylation is 2. The van der Waals surface area contributed by atoms with Crippen molar-refractivity contribution in [3.63, 3.8) is 0 Å². The average Bonchev–Trinajstić information content (AvgIpc) is 3.24. The van der Waals surface area contributed by atoms with Gasteiger partial charge in [-0.15, -0.1) is 0 Å². The van der Waals surface area contributed by atoms with E-state index >= 15 is 0 Å². The minimum absolute atomic E-state index is 0.314. The van der Waals surface area contributed by atoms with Crippen LogP contribution in [0, 0.1) is 13.8 Å². The quantitative estimate of drug-likeness (QED) is 0.843. The van der Waals surface area contributed by atoms with Crippen molar-refractivity contribution in [3.8, 4) is 0 Å². The fourth-order valence-electron chi connectivity index (χ4n) is 3.66. The van der Waals surface area contributed by atoms with E-state index in [0.717, 1.165) is 30.8 Å². The van der Waals surface area contributed by atoms with Crippen LogP contribution >= 0.6 is 0 Å². The molecule has 24 heavy (non-hydrogen) atoms. The maximum atomic E-state index is 10.3. The number of nitrogens with zero attached hydrogens (tertiary/aromatic N) is 3. The Hall–Kier alpha value is -1.63. The first-order valence-electron chi connectivity index (χ1n) is 8.58. The molecule has 1 aliphatic rings. The lowest BCUT2D eigenvalue weighted by Gasteiger charge is -2.27. The highest BCUT2D eigenvalue weighted by atomic mass is 16.5. The molecule has 0 radical (unpaired) electrons. The lowest BCUT2D eigenvalue weighted by molar-refractivity contribution is 0.00301. The number of likely N-dealkylation sites (tertiary alicyclic amines) is 1. The van der Waals surface area contributed by atoms with Gasteiger partial charge >= 0.3 is 0 Å². The number of ether oxygens (including phenoxy) is 1. The van der Waals surface area contributed by atoms with Crippen LogP contribution in [0.15, 0.2) is 22.8 Å². The second kappa shape index (κ2) is 7.51. The van der Waals surface area contributed by atoms with Gasteiger partial charge in [0.2, 0.25) is 0 Å². The zero-order valence-corrected chi connectivity index (χ0v) is 14.7. The number of β-amino-alcohol motifs (C(OH)–C–C–N with tert-alkyl or cyclic N) is 1. The largest absolute Gasteiger partial charge is 0.467 e. The summed E-state index contributed by atoms with van der Waals surface area (Å²) in [5, 5.41) is 14.9. The Kier molecular flexibility index (Phi) is 5.38. The molecule has 0 spiro atoms. The summed E-state index contributed by atoms with van der Waals surface area (Å²) in [7, 11) is 1.99. The van der Waals surface area contributed by atoms with Crippen molar-refractivity contribution in [1.82, 2.24) is 14.7 Å².